The van der Waals surface area contributed by atoms with Gasteiger partial charge in [0.25, 0.3) is 0 Å². The molecule has 0 saturated heterocycles. The minimum absolute atomic E-state index is 0.0178. The third-order valence-electron chi connectivity index (χ3n) is 3.51. The van der Waals surface area contributed by atoms with Crippen molar-refractivity contribution in [2.45, 2.75) is 45.4 Å². The van der Waals surface area contributed by atoms with Gasteiger partial charge in [0, 0.05) is 13.6 Å². The Hall–Kier alpha value is -0.570. The summed E-state index contributed by atoms with van der Waals surface area (Å²) in [5.41, 5.74) is -0.416. The van der Waals surface area contributed by atoms with Crippen LogP contribution < -0.4 is 0 Å². The predicted molar refractivity (Wildman–Crippen MR) is 60.5 cm³/mol. The molecular formula is C12H23NO2. The average molecular weight is 213 g/mol. The van der Waals surface area contributed by atoms with Crippen LogP contribution in [-0.4, -0.2) is 36.1 Å². The lowest BCUT2D eigenvalue weighted by Crippen LogP contribution is -2.49. The summed E-state index contributed by atoms with van der Waals surface area (Å²) in [6.07, 6.45) is 6.22. The molecule has 0 heterocycles. The monoisotopic (exact) mass is 213 g/mol. The zero-order valence-corrected chi connectivity index (χ0v) is 9.96. The smallest absolute Gasteiger partial charge is 0.230 e. The first-order valence-corrected chi connectivity index (χ1v) is 6.03. The number of aliphatic hydroxyl groups is 1. The Kier molecular flexibility index (Phi) is 4.58. The van der Waals surface area contributed by atoms with E-state index in [1.54, 1.807) is 4.90 Å². The van der Waals surface area contributed by atoms with E-state index in [9.17, 15) is 9.90 Å². The standard InChI is InChI=1S/C12H23NO2/c1-3-4-5-9-13(2)11(15)12(10-14)7-6-8-12/h14H,3-10H2,1-2H3. The lowest BCUT2D eigenvalue weighted by atomic mass is 9.68. The van der Waals surface area contributed by atoms with Crippen molar-refractivity contribution in [1.29, 1.82) is 0 Å². The number of rotatable bonds is 6. The quantitative estimate of drug-likeness (QED) is 0.683. The minimum atomic E-state index is -0.416. The van der Waals surface area contributed by atoms with E-state index in [1.165, 1.54) is 12.8 Å². The van der Waals surface area contributed by atoms with E-state index >= 15 is 0 Å². The van der Waals surface area contributed by atoms with Crippen LogP contribution in [0.2, 0.25) is 0 Å². The molecule has 1 rings (SSSR count). The summed E-state index contributed by atoms with van der Waals surface area (Å²) < 4.78 is 0. The van der Waals surface area contributed by atoms with Gasteiger partial charge in [0.15, 0.2) is 0 Å². The molecule has 3 nitrogen and oxygen atoms in total. The predicted octanol–water partition coefficient (Wildman–Crippen LogP) is 1.80. The molecule has 15 heavy (non-hydrogen) atoms. The molecule has 0 aliphatic heterocycles. The number of nitrogens with zero attached hydrogens (tertiary/aromatic N) is 1. The second kappa shape index (κ2) is 5.50. The number of hydrogen-bond donors (Lipinski definition) is 1. The molecule has 1 saturated carbocycles. The first-order valence-electron chi connectivity index (χ1n) is 6.03. The number of hydrogen-bond acceptors (Lipinski definition) is 2. The maximum atomic E-state index is 12.0. The highest BCUT2D eigenvalue weighted by molar-refractivity contribution is 5.83. The topological polar surface area (TPSA) is 40.5 Å². The van der Waals surface area contributed by atoms with Gasteiger partial charge in [0.2, 0.25) is 5.91 Å². The Morgan fingerprint density at radius 1 is 1.40 bits per heavy atom. The molecule has 1 fully saturated rings. The molecule has 0 aromatic carbocycles. The lowest BCUT2D eigenvalue weighted by molar-refractivity contribution is -0.149. The van der Waals surface area contributed by atoms with E-state index in [1.807, 2.05) is 7.05 Å². The van der Waals surface area contributed by atoms with Gasteiger partial charge in [-0.15, -0.1) is 0 Å². The molecule has 3 heteroatoms. The van der Waals surface area contributed by atoms with Crippen molar-refractivity contribution >= 4 is 5.91 Å². The molecule has 88 valence electrons. The first kappa shape index (κ1) is 12.5. The average Bonchev–Trinajstić information content (AvgIpc) is 2.17. The third-order valence-corrected chi connectivity index (χ3v) is 3.51. The van der Waals surface area contributed by atoms with Crippen molar-refractivity contribution in [3.05, 3.63) is 0 Å². The number of unbranched alkanes of at least 4 members (excludes halogenated alkanes) is 2. The van der Waals surface area contributed by atoms with Crippen LogP contribution in [0.1, 0.15) is 45.4 Å². The van der Waals surface area contributed by atoms with Crippen molar-refractivity contribution in [1.82, 2.24) is 4.90 Å². The highest BCUT2D eigenvalue weighted by Gasteiger charge is 2.44. The van der Waals surface area contributed by atoms with Gasteiger partial charge in [-0.05, 0) is 19.3 Å². The lowest BCUT2D eigenvalue weighted by Gasteiger charge is -2.41. The maximum Gasteiger partial charge on any atom is 0.230 e. The van der Waals surface area contributed by atoms with Crippen LogP contribution >= 0.6 is 0 Å². The molecule has 1 amide bonds. The maximum absolute atomic E-state index is 12.0. The molecule has 0 aromatic rings. The SMILES string of the molecule is CCCCCN(C)C(=O)C1(CO)CCC1. The van der Waals surface area contributed by atoms with Crippen LogP contribution in [0.3, 0.4) is 0 Å². The van der Waals surface area contributed by atoms with Crippen LogP contribution in [0, 0.1) is 5.41 Å². The highest BCUT2D eigenvalue weighted by Crippen LogP contribution is 2.41. The Labute approximate surface area is 92.5 Å². The first-order chi connectivity index (χ1) is 7.16. The second-order valence-electron chi connectivity index (χ2n) is 4.73. The molecule has 1 N–H and O–H groups in total. The molecule has 1 aliphatic rings. The van der Waals surface area contributed by atoms with E-state index in [-0.39, 0.29) is 12.5 Å². The normalized spacial score (nSPS) is 18.3. The van der Waals surface area contributed by atoms with Crippen LogP contribution in [0.15, 0.2) is 0 Å². The summed E-state index contributed by atoms with van der Waals surface area (Å²) in [5.74, 6) is 0.146. The largest absolute Gasteiger partial charge is 0.395 e. The second-order valence-corrected chi connectivity index (χ2v) is 4.73. The number of carbonyl (C=O) groups excluding carboxylic acids is 1. The highest BCUT2D eigenvalue weighted by atomic mass is 16.3. The zero-order chi connectivity index (χ0) is 11.3. The number of amides is 1. The Morgan fingerprint density at radius 2 is 2.07 bits per heavy atom. The van der Waals surface area contributed by atoms with Crippen LogP contribution in [0.4, 0.5) is 0 Å². The Balaban J connectivity index is 2.37. The summed E-state index contributed by atoms with van der Waals surface area (Å²) in [6.45, 7) is 3.00. The zero-order valence-electron chi connectivity index (χ0n) is 9.96. The van der Waals surface area contributed by atoms with Gasteiger partial charge in [0.05, 0.1) is 12.0 Å². The summed E-state index contributed by atoms with van der Waals surface area (Å²) in [7, 11) is 1.85. The van der Waals surface area contributed by atoms with Gasteiger partial charge in [-0.1, -0.05) is 26.2 Å². The minimum Gasteiger partial charge on any atom is -0.395 e. The Morgan fingerprint density at radius 3 is 2.47 bits per heavy atom. The number of aliphatic hydroxyl groups excluding tert-OH is 1. The van der Waals surface area contributed by atoms with Gasteiger partial charge in [-0.25, -0.2) is 0 Å². The van der Waals surface area contributed by atoms with Gasteiger partial charge >= 0.3 is 0 Å². The third kappa shape index (κ3) is 2.71. The molecule has 0 bridgehead atoms. The molecule has 0 unspecified atom stereocenters. The summed E-state index contributed by atoms with van der Waals surface area (Å²) in [4.78, 5) is 13.8. The fraction of sp³-hybridized carbons (Fsp3) is 0.917. The summed E-state index contributed by atoms with van der Waals surface area (Å²) in [6, 6.07) is 0. The van der Waals surface area contributed by atoms with Crippen molar-refractivity contribution < 1.29 is 9.90 Å². The summed E-state index contributed by atoms with van der Waals surface area (Å²) in [5, 5.41) is 9.28. The van der Waals surface area contributed by atoms with Gasteiger partial charge < -0.3 is 10.0 Å². The Bertz CT molecular complexity index is 206. The molecule has 1 aliphatic carbocycles. The summed E-state index contributed by atoms with van der Waals surface area (Å²) >= 11 is 0. The molecular weight excluding hydrogens is 190 g/mol. The van der Waals surface area contributed by atoms with E-state index in [0.717, 1.165) is 32.2 Å². The van der Waals surface area contributed by atoms with Gasteiger partial charge in [-0.2, -0.15) is 0 Å². The van der Waals surface area contributed by atoms with E-state index in [4.69, 9.17) is 0 Å². The fourth-order valence-electron chi connectivity index (χ4n) is 2.15. The molecule has 0 atom stereocenters. The fourth-order valence-corrected chi connectivity index (χ4v) is 2.15. The van der Waals surface area contributed by atoms with E-state index in [0.29, 0.717) is 0 Å². The van der Waals surface area contributed by atoms with Crippen LogP contribution in [0.25, 0.3) is 0 Å². The number of carbonyl (C=O) groups is 1. The van der Waals surface area contributed by atoms with Crippen LogP contribution in [-0.2, 0) is 4.79 Å². The van der Waals surface area contributed by atoms with Gasteiger partial charge in [-0.3, -0.25) is 4.79 Å². The van der Waals surface area contributed by atoms with Crippen molar-refractivity contribution in [2.75, 3.05) is 20.2 Å². The van der Waals surface area contributed by atoms with Gasteiger partial charge in [0.1, 0.15) is 0 Å². The van der Waals surface area contributed by atoms with E-state index in [2.05, 4.69) is 6.92 Å². The van der Waals surface area contributed by atoms with Crippen LogP contribution in [0.5, 0.6) is 0 Å². The molecule has 0 spiro atoms. The van der Waals surface area contributed by atoms with E-state index < -0.39 is 5.41 Å². The van der Waals surface area contributed by atoms with Crippen molar-refractivity contribution in [3.8, 4) is 0 Å². The molecule has 0 aromatic heterocycles. The van der Waals surface area contributed by atoms with Crippen molar-refractivity contribution in [3.63, 3.8) is 0 Å². The molecule has 0 radical (unpaired) electrons. The van der Waals surface area contributed by atoms with Crippen molar-refractivity contribution in [2.24, 2.45) is 5.41 Å².